The van der Waals surface area contributed by atoms with Gasteiger partial charge in [-0.3, -0.25) is 4.79 Å². The van der Waals surface area contributed by atoms with Gasteiger partial charge in [-0.2, -0.15) is 0 Å². The standard InChI is InChI=1S/C12H24N2O2/c1-11(2,16-4)7-10(15)14-12(3,8-13)9-5-6-9/h9H,5-8,13H2,1-4H3,(H,14,15). The number of nitrogens with one attached hydrogen (secondary N) is 1. The molecule has 4 nitrogen and oxygen atoms in total. The molecule has 1 rings (SSSR count). The number of carbonyl (C=O) groups excluding carboxylic acids is 1. The van der Waals surface area contributed by atoms with Gasteiger partial charge in [0.2, 0.25) is 5.91 Å². The van der Waals surface area contributed by atoms with Crippen LogP contribution >= 0.6 is 0 Å². The summed E-state index contributed by atoms with van der Waals surface area (Å²) in [7, 11) is 1.62. The Bertz CT molecular complexity index is 262. The van der Waals surface area contributed by atoms with Crippen LogP contribution in [0.5, 0.6) is 0 Å². The number of ether oxygens (including phenoxy) is 1. The largest absolute Gasteiger partial charge is 0.378 e. The first-order chi connectivity index (χ1) is 7.33. The summed E-state index contributed by atoms with van der Waals surface area (Å²) >= 11 is 0. The topological polar surface area (TPSA) is 64.3 Å². The zero-order valence-corrected chi connectivity index (χ0v) is 10.8. The van der Waals surface area contributed by atoms with Crippen LogP contribution in [-0.2, 0) is 9.53 Å². The van der Waals surface area contributed by atoms with E-state index in [1.54, 1.807) is 7.11 Å². The molecule has 0 spiro atoms. The third-order valence-corrected chi connectivity index (χ3v) is 3.47. The highest BCUT2D eigenvalue weighted by Crippen LogP contribution is 2.39. The van der Waals surface area contributed by atoms with Gasteiger partial charge >= 0.3 is 0 Å². The molecule has 0 heterocycles. The minimum atomic E-state index is -0.414. The zero-order valence-electron chi connectivity index (χ0n) is 10.8. The van der Waals surface area contributed by atoms with Crippen molar-refractivity contribution in [1.29, 1.82) is 0 Å². The smallest absolute Gasteiger partial charge is 0.223 e. The summed E-state index contributed by atoms with van der Waals surface area (Å²) in [4.78, 5) is 11.9. The summed E-state index contributed by atoms with van der Waals surface area (Å²) in [5.74, 6) is 0.568. The molecule has 1 aliphatic carbocycles. The summed E-state index contributed by atoms with van der Waals surface area (Å²) in [6.45, 7) is 6.34. The van der Waals surface area contributed by atoms with Crippen LogP contribution < -0.4 is 11.1 Å². The lowest BCUT2D eigenvalue weighted by Crippen LogP contribution is -2.54. The predicted molar refractivity (Wildman–Crippen MR) is 64.0 cm³/mol. The number of methoxy groups -OCH3 is 1. The summed E-state index contributed by atoms with van der Waals surface area (Å²) in [6, 6.07) is 0. The molecular weight excluding hydrogens is 204 g/mol. The van der Waals surface area contributed by atoms with E-state index in [-0.39, 0.29) is 11.4 Å². The van der Waals surface area contributed by atoms with E-state index in [1.165, 1.54) is 12.8 Å². The lowest BCUT2D eigenvalue weighted by molar-refractivity contribution is -0.128. The highest BCUT2D eigenvalue weighted by molar-refractivity contribution is 5.77. The van der Waals surface area contributed by atoms with Crippen molar-refractivity contribution in [2.45, 2.75) is 51.2 Å². The Labute approximate surface area is 97.9 Å². The molecule has 0 bridgehead atoms. The lowest BCUT2D eigenvalue weighted by Gasteiger charge is -2.31. The van der Waals surface area contributed by atoms with Crippen LogP contribution in [0.1, 0.15) is 40.0 Å². The zero-order chi connectivity index (χ0) is 12.4. The van der Waals surface area contributed by atoms with Gasteiger partial charge < -0.3 is 15.8 Å². The first-order valence-electron chi connectivity index (χ1n) is 5.89. The van der Waals surface area contributed by atoms with Gasteiger partial charge in [0.1, 0.15) is 0 Å². The van der Waals surface area contributed by atoms with E-state index in [0.29, 0.717) is 18.9 Å². The van der Waals surface area contributed by atoms with Crippen molar-refractivity contribution in [3.8, 4) is 0 Å². The molecule has 1 amide bonds. The van der Waals surface area contributed by atoms with E-state index in [1.807, 2.05) is 20.8 Å². The van der Waals surface area contributed by atoms with Crippen molar-refractivity contribution >= 4 is 5.91 Å². The van der Waals surface area contributed by atoms with Crippen molar-refractivity contribution in [2.75, 3.05) is 13.7 Å². The summed E-state index contributed by atoms with van der Waals surface area (Å²) in [6.07, 6.45) is 2.70. The van der Waals surface area contributed by atoms with Gasteiger partial charge in [0.15, 0.2) is 0 Å². The molecule has 0 radical (unpaired) electrons. The molecule has 1 unspecified atom stereocenters. The average molecular weight is 228 g/mol. The number of nitrogens with two attached hydrogens (primary N) is 1. The Balaban J connectivity index is 2.49. The fourth-order valence-electron chi connectivity index (χ4n) is 1.86. The van der Waals surface area contributed by atoms with Gasteiger partial charge in [-0.15, -0.1) is 0 Å². The van der Waals surface area contributed by atoms with E-state index >= 15 is 0 Å². The minimum absolute atomic E-state index is 0.0201. The monoisotopic (exact) mass is 228 g/mol. The third kappa shape index (κ3) is 3.46. The van der Waals surface area contributed by atoms with E-state index < -0.39 is 5.60 Å². The molecule has 16 heavy (non-hydrogen) atoms. The minimum Gasteiger partial charge on any atom is -0.378 e. The fourth-order valence-corrected chi connectivity index (χ4v) is 1.86. The van der Waals surface area contributed by atoms with Gasteiger partial charge in [0, 0.05) is 13.7 Å². The quantitative estimate of drug-likeness (QED) is 0.714. The average Bonchev–Trinajstić information content (AvgIpc) is 3.00. The van der Waals surface area contributed by atoms with Gasteiger partial charge in [-0.25, -0.2) is 0 Å². The van der Waals surface area contributed by atoms with Crippen LogP contribution in [-0.4, -0.2) is 30.7 Å². The van der Waals surface area contributed by atoms with Crippen molar-refractivity contribution in [3.05, 3.63) is 0 Å². The first kappa shape index (κ1) is 13.5. The predicted octanol–water partition coefficient (Wildman–Crippen LogP) is 1.05. The van der Waals surface area contributed by atoms with Crippen molar-refractivity contribution in [2.24, 2.45) is 11.7 Å². The number of hydrogen-bond acceptors (Lipinski definition) is 3. The first-order valence-corrected chi connectivity index (χ1v) is 5.89. The molecule has 1 saturated carbocycles. The molecule has 0 aliphatic heterocycles. The summed E-state index contributed by atoms with van der Waals surface area (Å²) in [5, 5.41) is 3.05. The number of carbonyl (C=O) groups is 1. The molecule has 0 aromatic heterocycles. The van der Waals surface area contributed by atoms with E-state index in [4.69, 9.17) is 10.5 Å². The maximum absolute atomic E-state index is 11.9. The maximum Gasteiger partial charge on any atom is 0.223 e. The molecule has 0 saturated heterocycles. The normalized spacial score (nSPS) is 20.3. The molecule has 1 atom stereocenters. The highest BCUT2D eigenvalue weighted by atomic mass is 16.5. The van der Waals surface area contributed by atoms with Crippen LogP contribution in [0.2, 0.25) is 0 Å². The Morgan fingerprint density at radius 2 is 2.00 bits per heavy atom. The van der Waals surface area contributed by atoms with Crippen LogP contribution in [0.25, 0.3) is 0 Å². The third-order valence-electron chi connectivity index (χ3n) is 3.47. The Kier molecular flexibility index (Phi) is 3.97. The molecule has 1 aliphatic rings. The van der Waals surface area contributed by atoms with Crippen LogP contribution in [0.4, 0.5) is 0 Å². The SMILES string of the molecule is COC(C)(C)CC(=O)NC(C)(CN)C1CC1. The van der Waals surface area contributed by atoms with E-state index in [2.05, 4.69) is 5.32 Å². The Morgan fingerprint density at radius 3 is 2.38 bits per heavy atom. The number of hydrogen-bond donors (Lipinski definition) is 2. The fraction of sp³-hybridized carbons (Fsp3) is 0.917. The summed E-state index contributed by atoms with van der Waals surface area (Å²) < 4.78 is 5.24. The lowest BCUT2D eigenvalue weighted by atomic mass is 9.94. The van der Waals surface area contributed by atoms with Crippen LogP contribution in [0, 0.1) is 5.92 Å². The number of amides is 1. The molecule has 0 aromatic carbocycles. The Morgan fingerprint density at radius 1 is 1.44 bits per heavy atom. The second-order valence-electron chi connectivity index (χ2n) is 5.58. The van der Waals surface area contributed by atoms with E-state index in [9.17, 15) is 4.79 Å². The van der Waals surface area contributed by atoms with Crippen molar-refractivity contribution in [1.82, 2.24) is 5.32 Å². The Hall–Kier alpha value is -0.610. The molecule has 3 N–H and O–H groups in total. The maximum atomic E-state index is 11.9. The highest BCUT2D eigenvalue weighted by Gasteiger charge is 2.41. The second kappa shape index (κ2) is 4.72. The molecule has 4 heteroatoms. The number of rotatable bonds is 6. The van der Waals surface area contributed by atoms with Crippen molar-refractivity contribution in [3.63, 3.8) is 0 Å². The van der Waals surface area contributed by atoms with Gasteiger partial charge in [0.25, 0.3) is 0 Å². The van der Waals surface area contributed by atoms with Crippen LogP contribution in [0.3, 0.4) is 0 Å². The van der Waals surface area contributed by atoms with Gasteiger partial charge in [-0.05, 0) is 39.5 Å². The summed E-state index contributed by atoms with van der Waals surface area (Å²) in [5.41, 5.74) is 5.10. The van der Waals surface area contributed by atoms with Gasteiger partial charge in [-0.1, -0.05) is 0 Å². The van der Waals surface area contributed by atoms with Crippen molar-refractivity contribution < 1.29 is 9.53 Å². The molecule has 94 valence electrons. The second-order valence-corrected chi connectivity index (χ2v) is 5.58. The van der Waals surface area contributed by atoms with E-state index in [0.717, 1.165) is 0 Å². The molecular formula is C12H24N2O2. The van der Waals surface area contributed by atoms with Gasteiger partial charge in [0.05, 0.1) is 17.6 Å². The molecule has 1 fully saturated rings. The van der Waals surface area contributed by atoms with Crippen LogP contribution in [0.15, 0.2) is 0 Å². The molecule has 0 aromatic rings.